The minimum atomic E-state index is -4.56. The van der Waals surface area contributed by atoms with Crippen molar-refractivity contribution in [1.82, 2.24) is 24.4 Å². The Hall–Kier alpha value is -3.96. The highest BCUT2D eigenvalue weighted by Gasteiger charge is 2.36. The first-order valence-electron chi connectivity index (χ1n) is 11.7. The summed E-state index contributed by atoms with van der Waals surface area (Å²) in [6, 6.07) is 12.7. The molecule has 4 aromatic rings. The largest absolute Gasteiger partial charge is 0.433 e. The average molecular weight is 543 g/mol. The number of aliphatic hydroxyl groups is 1. The van der Waals surface area contributed by atoms with E-state index in [0.717, 1.165) is 29.0 Å². The van der Waals surface area contributed by atoms with E-state index in [9.17, 15) is 23.1 Å². The molecule has 0 fully saturated rings. The molecule has 8 nitrogen and oxygen atoms in total. The van der Waals surface area contributed by atoms with Crippen LogP contribution in [-0.4, -0.2) is 48.7 Å². The summed E-state index contributed by atoms with van der Waals surface area (Å²) in [7, 11) is 0. The van der Waals surface area contributed by atoms with Crippen LogP contribution in [0.4, 0.5) is 13.2 Å². The summed E-state index contributed by atoms with van der Waals surface area (Å²) in [5.41, 5.74) is 2.05. The number of benzene rings is 1. The standard InChI is InChI=1S/C26H22ClF3N6O2/c1-16-22(18-3-5-20(27)6-4-18)23(19-8-10-31-11-9-19)24-33-34(25(38)36(24)35(16)12-13-37)15-17-2-7-21(32-14-17)26(28,29)30/h2-11,14,16,37H,12-13,15H2,1H3. The van der Waals surface area contributed by atoms with Gasteiger partial charge in [0.05, 0.1) is 25.7 Å². The second-order valence-corrected chi connectivity index (χ2v) is 9.16. The fourth-order valence-corrected chi connectivity index (χ4v) is 4.74. The zero-order chi connectivity index (χ0) is 27.0. The van der Waals surface area contributed by atoms with Gasteiger partial charge >= 0.3 is 11.9 Å². The third-order valence-electron chi connectivity index (χ3n) is 6.33. The number of β-amino-alcohol motifs (C(OH)–C–C–N with tert-alkyl or cyclic N) is 1. The molecule has 4 heterocycles. The number of pyridine rings is 2. The van der Waals surface area contributed by atoms with Crippen LogP contribution in [-0.2, 0) is 12.7 Å². The van der Waals surface area contributed by atoms with Gasteiger partial charge in [0.1, 0.15) is 5.69 Å². The van der Waals surface area contributed by atoms with E-state index >= 15 is 0 Å². The monoisotopic (exact) mass is 542 g/mol. The van der Waals surface area contributed by atoms with Gasteiger partial charge in [-0.2, -0.15) is 17.8 Å². The molecule has 0 amide bonds. The predicted octanol–water partition coefficient (Wildman–Crippen LogP) is 3.85. The molecule has 0 aliphatic carbocycles. The van der Waals surface area contributed by atoms with Gasteiger partial charge in [-0.25, -0.2) is 9.48 Å². The minimum absolute atomic E-state index is 0.0920. The Morgan fingerprint density at radius 3 is 2.34 bits per heavy atom. The van der Waals surface area contributed by atoms with Gasteiger partial charge in [-0.1, -0.05) is 29.8 Å². The number of fused-ring (bicyclic) bond motifs is 1. The predicted molar refractivity (Wildman–Crippen MR) is 136 cm³/mol. The SMILES string of the molecule is CC1C(c2ccc(Cl)cc2)=C(c2ccncc2)c2nn(Cc3ccc(C(F)(F)F)nc3)c(=O)n2N1CCO. The van der Waals surface area contributed by atoms with Crippen molar-refractivity contribution < 1.29 is 18.3 Å². The highest BCUT2D eigenvalue weighted by Crippen LogP contribution is 2.38. The van der Waals surface area contributed by atoms with Gasteiger partial charge in [0.15, 0.2) is 5.82 Å². The van der Waals surface area contributed by atoms with E-state index in [1.54, 1.807) is 29.5 Å². The summed E-state index contributed by atoms with van der Waals surface area (Å²) in [4.78, 5) is 21.2. The van der Waals surface area contributed by atoms with Crippen LogP contribution in [0, 0.1) is 0 Å². The quantitative estimate of drug-likeness (QED) is 0.398. The van der Waals surface area contributed by atoms with Gasteiger partial charge in [0, 0.05) is 29.2 Å². The summed E-state index contributed by atoms with van der Waals surface area (Å²) in [5.74, 6) is 0.331. The van der Waals surface area contributed by atoms with Crippen LogP contribution in [0.15, 0.2) is 71.9 Å². The van der Waals surface area contributed by atoms with Crippen LogP contribution in [0.5, 0.6) is 0 Å². The smallest absolute Gasteiger partial charge is 0.394 e. The van der Waals surface area contributed by atoms with Crippen molar-refractivity contribution in [1.29, 1.82) is 0 Å². The molecule has 0 saturated carbocycles. The third kappa shape index (κ3) is 4.70. The Bertz CT molecular complexity index is 1530. The van der Waals surface area contributed by atoms with Crippen molar-refractivity contribution in [3.63, 3.8) is 0 Å². The zero-order valence-electron chi connectivity index (χ0n) is 20.1. The second-order valence-electron chi connectivity index (χ2n) is 8.72. The molecule has 1 aliphatic rings. The van der Waals surface area contributed by atoms with Crippen LogP contribution in [0.25, 0.3) is 11.1 Å². The van der Waals surface area contributed by atoms with E-state index in [4.69, 9.17) is 11.6 Å². The molecule has 38 heavy (non-hydrogen) atoms. The number of hydrogen-bond donors (Lipinski definition) is 1. The maximum absolute atomic E-state index is 13.6. The summed E-state index contributed by atoms with van der Waals surface area (Å²) in [6.45, 7) is 1.75. The van der Waals surface area contributed by atoms with Crippen molar-refractivity contribution in [2.75, 3.05) is 18.2 Å². The molecule has 3 aromatic heterocycles. The van der Waals surface area contributed by atoms with Crippen molar-refractivity contribution in [2.24, 2.45) is 0 Å². The second kappa shape index (κ2) is 10.1. The summed E-state index contributed by atoms with van der Waals surface area (Å²) < 4.78 is 41.4. The number of alkyl halides is 3. The summed E-state index contributed by atoms with van der Waals surface area (Å²) >= 11 is 6.14. The van der Waals surface area contributed by atoms with Gasteiger partial charge < -0.3 is 5.11 Å². The molecule has 196 valence electrons. The van der Waals surface area contributed by atoms with Crippen molar-refractivity contribution in [2.45, 2.75) is 25.7 Å². The summed E-state index contributed by atoms with van der Waals surface area (Å²) in [5, 5.41) is 16.8. The molecule has 1 aromatic carbocycles. The first-order valence-corrected chi connectivity index (χ1v) is 12.1. The molecular formula is C26H22ClF3N6O2. The Labute approximate surface area is 220 Å². The lowest BCUT2D eigenvalue weighted by atomic mass is 9.88. The number of hydrogen-bond acceptors (Lipinski definition) is 6. The van der Waals surface area contributed by atoms with Gasteiger partial charge in [-0.15, -0.1) is 5.10 Å². The normalized spacial score (nSPS) is 15.6. The van der Waals surface area contributed by atoms with E-state index in [1.807, 2.05) is 31.2 Å². The van der Waals surface area contributed by atoms with Gasteiger partial charge in [0.2, 0.25) is 0 Å². The van der Waals surface area contributed by atoms with Crippen molar-refractivity contribution in [3.05, 3.63) is 111 Å². The van der Waals surface area contributed by atoms with Crippen LogP contribution < -0.4 is 10.7 Å². The van der Waals surface area contributed by atoms with Gasteiger partial charge in [-0.05, 0) is 59.5 Å². The number of rotatable bonds is 6. The average Bonchev–Trinajstić information content (AvgIpc) is 3.21. The number of nitrogens with zero attached hydrogens (tertiary/aromatic N) is 6. The van der Waals surface area contributed by atoms with E-state index in [2.05, 4.69) is 15.1 Å². The van der Waals surface area contributed by atoms with Crippen molar-refractivity contribution in [3.8, 4) is 0 Å². The van der Waals surface area contributed by atoms with Crippen LogP contribution >= 0.6 is 11.6 Å². The van der Waals surface area contributed by atoms with Crippen LogP contribution in [0.2, 0.25) is 5.02 Å². The van der Waals surface area contributed by atoms with Crippen LogP contribution in [0.3, 0.4) is 0 Å². The highest BCUT2D eigenvalue weighted by molar-refractivity contribution is 6.30. The number of aromatic nitrogens is 5. The molecule has 1 aliphatic heterocycles. The van der Waals surface area contributed by atoms with Crippen LogP contribution in [0.1, 0.15) is 35.1 Å². The molecule has 5 rings (SSSR count). The first-order chi connectivity index (χ1) is 18.2. The van der Waals surface area contributed by atoms with Crippen molar-refractivity contribution >= 4 is 22.7 Å². The molecule has 1 atom stereocenters. The van der Waals surface area contributed by atoms with Gasteiger partial charge in [-0.3, -0.25) is 15.0 Å². The van der Waals surface area contributed by atoms with Gasteiger partial charge in [0.25, 0.3) is 0 Å². The Kier molecular flexibility index (Phi) is 6.80. The zero-order valence-corrected chi connectivity index (χ0v) is 20.9. The molecule has 0 spiro atoms. The maximum Gasteiger partial charge on any atom is 0.433 e. The highest BCUT2D eigenvalue weighted by atomic mass is 35.5. The Morgan fingerprint density at radius 1 is 1.03 bits per heavy atom. The maximum atomic E-state index is 13.6. The van der Waals surface area contributed by atoms with E-state index in [1.165, 1.54) is 15.4 Å². The number of aliphatic hydroxyl groups excluding tert-OH is 1. The Balaban J connectivity index is 1.69. The van der Waals surface area contributed by atoms with E-state index in [0.29, 0.717) is 22.0 Å². The molecule has 1 unspecified atom stereocenters. The lowest BCUT2D eigenvalue weighted by Gasteiger charge is -2.38. The van der Waals surface area contributed by atoms with E-state index < -0.39 is 17.6 Å². The molecule has 0 radical (unpaired) electrons. The molecule has 0 saturated heterocycles. The lowest BCUT2D eigenvalue weighted by molar-refractivity contribution is -0.141. The first kappa shape index (κ1) is 25.7. The lowest BCUT2D eigenvalue weighted by Crippen LogP contribution is -2.52. The topological polar surface area (TPSA) is 89.1 Å². The van der Waals surface area contributed by atoms with E-state index in [-0.39, 0.29) is 25.7 Å². The third-order valence-corrected chi connectivity index (χ3v) is 6.59. The molecular weight excluding hydrogens is 521 g/mol. The fraction of sp³-hybridized carbons (Fsp3) is 0.231. The Morgan fingerprint density at radius 2 is 1.74 bits per heavy atom. The summed E-state index contributed by atoms with van der Waals surface area (Å²) in [6.07, 6.45) is -0.202. The molecule has 0 bridgehead atoms. The number of halogens is 4. The molecule has 1 N–H and O–H groups in total. The molecule has 12 heteroatoms. The fourth-order valence-electron chi connectivity index (χ4n) is 4.61. The minimum Gasteiger partial charge on any atom is -0.394 e.